The number of amides is 3. The maximum atomic E-state index is 13.0. The van der Waals surface area contributed by atoms with Crippen LogP contribution in [0.15, 0.2) is 30.5 Å². The van der Waals surface area contributed by atoms with Crippen LogP contribution in [0, 0.1) is 0 Å². The molecule has 8 N–H and O–H groups in total. The molecule has 202 valence electrons. The van der Waals surface area contributed by atoms with E-state index in [1.165, 1.54) is 18.7 Å². The molecule has 13 heteroatoms. The van der Waals surface area contributed by atoms with Gasteiger partial charge in [-0.05, 0) is 49.8 Å². The number of hydrogen-bond donors (Lipinski definition) is 7. The summed E-state index contributed by atoms with van der Waals surface area (Å²) >= 11 is 1.42. The van der Waals surface area contributed by atoms with Crippen molar-refractivity contribution in [2.24, 2.45) is 5.73 Å². The molecule has 1 aromatic carbocycles. The van der Waals surface area contributed by atoms with E-state index in [1.807, 2.05) is 30.5 Å². The Hall–Kier alpha value is -3.58. The second-order valence-corrected chi connectivity index (χ2v) is 9.56. The van der Waals surface area contributed by atoms with Crippen molar-refractivity contribution in [1.29, 1.82) is 0 Å². The van der Waals surface area contributed by atoms with Gasteiger partial charge in [-0.15, -0.1) is 0 Å². The largest absolute Gasteiger partial charge is 0.481 e. The fraction of sp³-hybridized carbons (Fsp3) is 0.458. The molecule has 0 aliphatic rings. The van der Waals surface area contributed by atoms with Gasteiger partial charge in [-0.1, -0.05) is 18.2 Å². The molecular formula is C24H33N5O7S. The minimum atomic E-state index is -1.26. The van der Waals surface area contributed by atoms with Crippen LogP contribution in [-0.2, 0) is 30.4 Å². The number of carbonyl (C=O) groups is 5. The highest BCUT2D eigenvalue weighted by Crippen LogP contribution is 2.19. The third-order valence-electron chi connectivity index (χ3n) is 5.70. The lowest BCUT2D eigenvalue weighted by Crippen LogP contribution is -2.57. The Morgan fingerprint density at radius 3 is 2.24 bits per heavy atom. The maximum absolute atomic E-state index is 13.0. The van der Waals surface area contributed by atoms with E-state index in [-0.39, 0.29) is 19.3 Å². The van der Waals surface area contributed by atoms with Crippen LogP contribution in [0.5, 0.6) is 0 Å². The van der Waals surface area contributed by atoms with Gasteiger partial charge in [0.1, 0.15) is 18.1 Å². The number of rotatable bonds is 15. The summed E-state index contributed by atoms with van der Waals surface area (Å²) in [4.78, 5) is 63.8. The lowest BCUT2D eigenvalue weighted by Gasteiger charge is -2.24. The molecule has 0 saturated heterocycles. The Morgan fingerprint density at radius 1 is 0.973 bits per heavy atom. The summed E-state index contributed by atoms with van der Waals surface area (Å²) in [6.07, 6.45) is 3.30. The summed E-state index contributed by atoms with van der Waals surface area (Å²) in [5, 5.41) is 26.4. The van der Waals surface area contributed by atoms with Gasteiger partial charge in [0.2, 0.25) is 17.7 Å². The van der Waals surface area contributed by atoms with E-state index >= 15 is 0 Å². The van der Waals surface area contributed by atoms with Gasteiger partial charge in [0.25, 0.3) is 0 Å². The zero-order valence-electron chi connectivity index (χ0n) is 20.7. The van der Waals surface area contributed by atoms with Gasteiger partial charge in [0.15, 0.2) is 0 Å². The summed E-state index contributed by atoms with van der Waals surface area (Å²) in [6, 6.07) is 2.97. The molecule has 37 heavy (non-hydrogen) atoms. The summed E-state index contributed by atoms with van der Waals surface area (Å²) in [5.41, 5.74) is 7.80. The molecule has 0 saturated carbocycles. The maximum Gasteiger partial charge on any atom is 0.325 e. The number of benzene rings is 1. The molecule has 0 spiro atoms. The Bertz CT molecular complexity index is 1120. The van der Waals surface area contributed by atoms with Gasteiger partial charge in [0, 0.05) is 23.5 Å². The normalized spacial score (nSPS) is 14.2. The van der Waals surface area contributed by atoms with Gasteiger partial charge < -0.3 is 36.9 Å². The number of H-pyrrole nitrogens is 1. The van der Waals surface area contributed by atoms with Crippen molar-refractivity contribution in [2.75, 3.05) is 12.0 Å². The zero-order chi connectivity index (χ0) is 27.5. The molecular weight excluding hydrogens is 502 g/mol. The summed E-state index contributed by atoms with van der Waals surface area (Å²) in [6.45, 7) is 1.29. The first-order chi connectivity index (χ1) is 17.5. The molecule has 0 aliphatic carbocycles. The standard InChI is InChI=1S/C24H33N5O7S/c1-13(24(35)36)27-22(33)19(9-10-37-2)29-23(34)18(7-8-20(30)31)28-21(32)16(25)11-14-12-26-17-6-4-3-5-15(14)17/h3-6,12-13,16,18-19,26H,7-11,25H2,1-2H3,(H,27,33)(H,28,32)(H,29,34)(H,30,31)(H,35,36). The van der Waals surface area contributed by atoms with Crippen molar-refractivity contribution in [3.63, 3.8) is 0 Å². The molecule has 2 rings (SSSR count). The highest BCUT2D eigenvalue weighted by Gasteiger charge is 2.29. The van der Waals surface area contributed by atoms with Crippen molar-refractivity contribution in [3.8, 4) is 0 Å². The second kappa shape index (κ2) is 14.2. The van der Waals surface area contributed by atoms with Crippen LogP contribution in [-0.4, -0.2) is 81.0 Å². The Balaban J connectivity index is 2.11. The molecule has 1 heterocycles. The number of para-hydroxylation sites is 1. The number of aliphatic carboxylic acids is 2. The molecule has 0 radical (unpaired) electrons. The van der Waals surface area contributed by atoms with Crippen LogP contribution in [0.25, 0.3) is 10.9 Å². The molecule has 4 unspecified atom stereocenters. The smallest absolute Gasteiger partial charge is 0.325 e. The number of nitrogens with one attached hydrogen (secondary N) is 4. The number of hydrogen-bond acceptors (Lipinski definition) is 7. The van der Waals surface area contributed by atoms with Gasteiger partial charge in [-0.2, -0.15) is 11.8 Å². The summed E-state index contributed by atoms with van der Waals surface area (Å²) < 4.78 is 0. The predicted molar refractivity (Wildman–Crippen MR) is 139 cm³/mol. The van der Waals surface area contributed by atoms with Crippen LogP contribution in [0.1, 0.15) is 31.7 Å². The highest BCUT2D eigenvalue weighted by atomic mass is 32.2. The van der Waals surface area contributed by atoms with E-state index in [2.05, 4.69) is 20.9 Å². The first kappa shape index (κ1) is 29.6. The molecule has 4 atom stereocenters. The van der Waals surface area contributed by atoms with Gasteiger partial charge >= 0.3 is 11.9 Å². The fourth-order valence-electron chi connectivity index (χ4n) is 3.60. The highest BCUT2D eigenvalue weighted by molar-refractivity contribution is 7.98. The molecule has 0 bridgehead atoms. The van der Waals surface area contributed by atoms with Crippen molar-refractivity contribution < 1.29 is 34.2 Å². The average molecular weight is 536 g/mol. The number of carboxylic acid groups (broad SMARTS) is 2. The van der Waals surface area contributed by atoms with Crippen LogP contribution in [0.3, 0.4) is 0 Å². The fourth-order valence-corrected chi connectivity index (χ4v) is 4.07. The predicted octanol–water partition coefficient (Wildman–Crippen LogP) is 0.215. The molecule has 3 amide bonds. The van der Waals surface area contributed by atoms with Crippen LogP contribution in [0.4, 0.5) is 0 Å². The third kappa shape index (κ3) is 9.10. The minimum absolute atomic E-state index is 0.176. The van der Waals surface area contributed by atoms with Gasteiger partial charge in [0.05, 0.1) is 6.04 Å². The van der Waals surface area contributed by atoms with E-state index in [0.717, 1.165) is 16.5 Å². The third-order valence-corrected chi connectivity index (χ3v) is 6.35. The SMILES string of the molecule is CSCCC(NC(=O)C(CCC(=O)O)NC(=O)C(N)Cc1c[nH]c2ccccc12)C(=O)NC(C)C(=O)O. The van der Waals surface area contributed by atoms with E-state index in [1.54, 1.807) is 6.20 Å². The quantitative estimate of drug-likeness (QED) is 0.166. The van der Waals surface area contributed by atoms with E-state index in [0.29, 0.717) is 5.75 Å². The molecule has 12 nitrogen and oxygen atoms in total. The Morgan fingerprint density at radius 2 is 1.59 bits per heavy atom. The minimum Gasteiger partial charge on any atom is -0.481 e. The molecule has 2 aromatic rings. The van der Waals surface area contributed by atoms with Crippen molar-refractivity contribution in [1.82, 2.24) is 20.9 Å². The molecule has 0 aliphatic heterocycles. The van der Waals surface area contributed by atoms with Crippen LogP contribution < -0.4 is 21.7 Å². The molecule has 1 aromatic heterocycles. The number of nitrogens with two attached hydrogens (primary N) is 1. The Kier molecular flexibility index (Phi) is 11.4. The first-order valence-electron chi connectivity index (χ1n) is 11.7. The number of fused-ring (bicyclic) bond motifs is 1. The summed E-state index contributed by atoms with van der Waals surface area (Å²) in [5.74, 6) is -4.03. The van der Waals surface area contributed by atoms with Crippen molar-refractivity contribution >= 4 is 52.3 Å². The van der Waals surface area contributed by atoms with Gasteiger partial charge in [-0.25, -0.2) is 0 Å². The van der Waals surface area contributed by atoms with Crippen molar-refractivity contribution in [2.45, 2.75) is 56.8 Å². The number of carbonyl (C=O) groups excluding carboxylic acids is 3. The van der Waals surface area contributed by atoms with E-state index in [9.17, 15) is 24.0 Å². The number of thioether (sulfide) groups is 1. The lowest BCUT2D eigenvalue weighted by atomic mass is 10.0. The number of aromatic nitrogens is 1. The number of aromatic amines is 1. The topological polar surface area (TPSA) is 204 Å². The van der Waals surface area contributed by atoms with E-state index in [4.69, 9.17) is 15.9 Å². The zero-order valence-corrected chi connectivity index (χ0v) is 21.5. The van der Waals surface area contributed by atoms with Crippen LogP contribution in [0.2, 0.25) is 0 Å². The second-order valence-electron chi connectivity index (χ2n) is 8.57. The van der Waals surface area contributed by atoms with Gasteiger partial charge in [-0.3, -0.25) is 24.0 Å². The first-order valence-corrected chi connectivity index (χ1v) is 13.1. The number of carboxylic acids is 2. The summed E-state index contributed by atoms with van der Waals surface area (Å²) in [7, 11) is 0. The van der Waals surface area contributed by atoms with E-state index < -0.39 is 60.2 Å². The molecule has 0 fully saturated rings. The monoisotopic (exact) mass is 535 g/mol. The Labute approximate surface area is 218 Å². The lowest BCUT2D eigenvalue weighted by molar-refractivity contribution is -0.141. The van der Waals surface area contributed by atoms with Crippen LogP contribution >= 0.6 is 11.8 Å². The average Bonchev–Trinajstić information content (AvgIpc) is 3.26. The van der Waals surface area contributed by atoms with Crippen molar-refractivity contribution in [3.05, 3.63) is 36.0 Å².